The van der Waals surface area contributed by atoms with Gasteiger partial charge in [0.25, 0.3) is 0 Å². The average Bonchev–Trinajstić information content (AvgIpc) is 3.07. The van der Waals surface area contributed by atoms with Gasteiger partial charge in [-0.15, -0.1) is 0 Å². The zero-order valence-corrected chi connectivity index (χ0v) is 14.1. The van der Waals surface area contributed by atoms with Gasteiger partial charge in [0.2, 0.25) is 0 Å². The van der Waals surface area contributed by atoms with Crippen molar-refractivity contribution in [1.29, 1.82) is 0 Å². The van der Waals surface area contributed by atoms with Gasteiger partial charge in [0.1, 0.15) is 23.4 Å². The van der Waals surface area contributed by atoms with Crippen LogP contribution in [0.25, 0.3) is 10.8 Å². The highest BCUT2D eigenvalue weighted by Crippen LogP contribution is 2.47. The largest absolute Gasteiger partial charge is 0.507 e. The summed E-state index contributed by atoms with van der Waals surface area (Å²) in [6.45, 7) is 1.48. The molecule has 4 nitrogen and oxygen atoms in total. The van der Waals surface area contributed by atoms with Crippen LogP contribution in [0.3, 0.4) is 0 Å². The lowest BCUT2D eigenvalue weighted by atomic mass is 9.93. The van der Waals surface area contributed by atoms with Gasteiger partial charge in [0.15, 0.2) is 5.78 Å². The first-order valence-electron chi connectivity index (χ1n) is 8.18. The third-order valence-corrected chi connectivity index (χ3v) is 4.73. The molecule has 0 fully saturated rings. The van der Waals surface area contributed by atoms with Crippen LogP contribution in [0.15, 0.2) is 48.5 Å². The summed E-state index contributed by atoms with van der Waals surface area (Å²) in [5.74, 6) is 1.37. The number of ether oxygens (including phenoxy) is 2. The molecule has 0 saturated carbocycles. The molecule has 0 saturated heterocycles. The summed E-state index contributed by atoms with van der Waals surface area (Å²) in [7, 11) is 1.63. The maximum absolute atomic E-state index is 12.2. The van der Waals surface area contributed by atoms with E-state index in [1.165, 1.54) is 6.92 Å². The second-order valence-electron chi connectivity index (χ2n) is 6.22. The van der Waals surface area contributed by atoms with E-state index in [9.17, 15) is 9.90 Å². The summed E-state index contributed by atoms with van der Waals surface area (Å²) in [6, 6.07) is 15.2. The Labute approximate surface area is 145 Å². The van der Waals surface area contributed by atoms with E-state index in [1.54, 1.807) is 13.2 Å². The van der Waals surface area contributed by atoms with Crippen LogP contribution in [-0.2, 0) is 6.42 Å². The van der Waals surface area contributed by atoms with E-state index in [1.807, 2.05) is 42.5 Å². The number of carbonyl (C=O) groups excluding carboxylic acids is 1. The molecule has 1 aliphatic heterocycles. The fourth-order valence-corrected chi connectivity index (χ4v) is 3.52. The molecule has 0 spiro atoms. The number of carbonyl (C=O) groups is 1. The van der Waals surface area contributed by atoms with Gasteiger partial charge in [-0.05, 0) is 24.6 Å². The highest BCUT2D eigenvalue weighted by atomic mass is 16.5. The summed E-state index contributed by atoms with van der Waals surface area (Å²) in [5.41, 5.74) is 2.16. The number of benzene rings is 3. The molecule has 3 aromatic rings. The minimum atomic E-state index is -0.191. The minimum Gasteiger partial charge on any atom is -0.507 e. The van der Waals surface area contributed by atoms with Gasteiger partial charge in [0.05, 0.1) is 12.7 Å². The summed E-state index contributed by atoms with van der Waals surface area (Å²) < 4.78 is 11.4. The predicted octanol–water partition coefficient (Wildman–Crippen LogP) is 4.43. The monoisotopic (exact) mass is 334 g/mol. The predicted molar refractivity (Wildman–Crippen MR) is 95.7 cm³/mol. The number of Topliss-reactive ketones (excluding diaryl/α,β-unsaturated/α-hetero) is 1. The second kappa shape index (κ2) is 5.81. The molecule has 0 bridgehead atoms. The molecule has 3 aromatic carbocycles. The quantitative estimate of drug-likeness (QED) is 0.720. The van der Waals surface area contributed by atoms with Crippen molar-refractivity contribution in [2.75, 3.05) is 7.11 Å². The van der Waals surface area contributed by atoms with Crippen LogP contribution in [-0.4, -0.2) is 18.0 Å². The van der Waals surface area contributed by atoms with Gasteiger partial charge in [-0.1, -0.05) is 36.4 Å². The van der Waals surface area contributed by atoms with Crippen molar-refractivity contribution in [2.24, 2.45) is 0 Å². The fraction of sp³-hybridized carbons (Fsp3) is 0.190. The first-order valence-corrected chi connectivity index (χ1v) is 8.18. The standard InChI is InChI=1S/C21H18O4/c1-12(22)19-17-11-18(13-7-9-14(24-2)10-8-13)25-21(17)16-6-4-3-5-15(16)20(19)23/h3-10,18,23H,11H2,1-2H3. The summed E-state index contributed by atoms with van der Waals surface area (Å²) in [4.78, 5) is 12.2. The maximum Gasteiger partial charge on any atom is 0.163 e. The summed E-state index contributed by atoms with van der Waals surface area (Å²) >= 11 is 0. The number of phenolic OH excluding ortho intramolecular Hbond substituents is 1. The second-order valence-corrected chi connectivity index (χ2v) is 6.22. The molecule has 126 valence electrons. The Balaban J connectivity index is 1.85. The number of hydrogen-bond donors (Lipinski definition) is 1. The van der Waals surface area contributed by atoms with Gasteiger partial charge in [-0.25, -0.2) is 0 Å². The lowest BCUT2D eigenvalue weighted by Crippen LogP contribution is -2.03. The molecule has 1 aliphatic rings. The van der Waals surface area contributed by atoms with Crippen LogP contribution in [0.2, 0.25) is 0 Å². The van der Waals surface area contributed by atoms with Gasteiger partial charge in [-0.3, -0.25) is 4.79 Å². The topological polar surface area (TPSA) is 55.8 Å². The number of ketones is 1. The number of phenols is 1. The molecule has 0 radical (unpaired) electrons. The van der Waals surface area contributed by atoms with Gasteiger partial charge < -0.3 is 14.6 Å². The van der Waals surface area contributed by atoms with Crippen molar-refractivity contribution in [3.8, 4) is 17.2 Å². The maximum atomic E-state index is 12.2. The molecule has 4 rings (SSSR count). The SMILES string of the molecule is COc1ccc(C2Cc3c(C(C)=O)c(O)c4ccccc4c3O2)cc1. The molecule has 1 heterocycles. The molecule has 0 aromatic heterocycles. The Bertz CT molecular complexity index is 973. The number of fused-ring (bicyclic) bond motifs is 3. The van der Waals surface area contributed by atoms with E-state index in [4.69, 9.17) is 9.47 Å². The molecule has 1 unspecified atom stereocenters. The van der Waals surface area contributed by atoms with Crippen LogP contribution in [0.1, 0.15) is 34.5 Å². The number of aromatic hydroxyl groups is 1. The number of hydrogen-bond acceptors (Lipinski definition) is 4. The highest BCUT2D eigenvalue weighted by Gasteiger charge is 2.32. The van der Waals surface area contributed by atoms with Crippen LogP contribution in [0, 0.1) is 0 Å². The third-order valence-electron chi connectivity index (χ3n) is 4.73. The number of methoxy groups -OCH3 is 1. The molecular formula is C21H18O4. The molecule has 0 aliphatic carbocycles. The van der Waals surface area contributed by atoms with Crippen molar-refractivity contribution >= 4 is 16.6 Å². The average molecular weight is 334 g/mol. The first-order chi connectivity index (χ1) is 12.1. The lowest BCUT2D eigenvalue weighted by Gasteiger charge is -2.13. The molecule has 0 amide bonds. The van der Waals surface area contributed by atoms with Crippen LogP contribution in [0.5, 0.6) is 17.2 Å². The van der Waals surface area contributed by atoms with E-state index in [-0.39, 0.29) is 17.6 Å². The van der Waals surface area contributed by atoms with Gasteiger partial charge in [-0.2, -0.15) is 0 Å². The van der Waals surface area contributed by atoms with E-state index >= 15 is 0 Å². The van der Waals surface area contributed by atoms with Crippen LogP contribution in [0.4, 0.5) is 0 Å². The van der Waals surface area contributed by atoms with Crippen molar-refractivity contribution in [3.63, 3.8) is 0 Å². The lowest BCUT2D eigenvalue weighted by molar-refractivity contribution is 0.101. The molecule has 4 heteroatoms. The molecule has 25 heavy (non-hydrogen) atoms. The fourth-order valence-electron chi connectivity index (χ4n) is 3.52. The Morgan fingerprint density at radius 1 is 1.12 bits per heavy atom. The van der Waals surface area contributed by atoms with Crippen molar-refractivity contribution in [2.45, 2.75) is 19.4 Å². The Hall–Kier alpha value is -3.01. The van der Waals surface area contributed by atoms with Crippen LogP contribution >= 0.6 is 0 Å². The van der Waals surface area contributed by atoms with Crippen molar-refractivity contribution in [1.82, 2.24) is 0 Å². The Kier molecular flexibility index (Phi) is 3.61. The normalized spacial score (nSPS) is 15.7. The molecular weight excluding hydrogens is 316 g/mol. The zero-order chi connectivity index (χ0) is 17.6. The summed E-state index contributed by atoms with van der Waals surface area (Å²) in [6.07, 6.45) is 0.360. The summed E-state index contributed by atoms with van der Waals surface area (Å²) in [5, 5.41) is 12.1. The van der Waals surface area contributed by atoms with E-state index in [2.05, 4.69) is 0 Å². The van der Waals surface area contributed by atoms with E-state index in [0.29, 0.717) is 23.1 Å². The van der Waals surface area contributed by atoms with Crippen molar-refractivity contribution < 1.29 is 19.4 Å². The van der Waals surface area contributed by atoms with Gasteiger partial charge in [0, 0.05) is 22.8 Å². The molecule has 1 atom stereocenters. The van der Waals surface area contributed by atoms with E-state index in [0.717, 1.165) is 22.3 Å². The Morgan fingerprint density at radius 3 is 2.44 bits per heavy atom. The molecule has 1 N–H and O–H groups in total. The zero-order valence-electron chi connectivity index (χ0n) is 14.1. The Morgan fingerprint density at radius 2 is 1.80 bits per heavy atom. The van der Waals surface area contributed by atoms with E-state index < -0.39 is 0 Å². The minimum absolute atomic E-state index is 0.0424. The number of rotatable bonds is 3. The van der Waals surface area contributed by atoms with Crippen molar-refractivity contribution in [3.05, 3.63) is 65.2 Å². The van der Waals surface area contributed by atoms with Gasteiger partial charge >= 0.3 is 0 Å². The third kappa shape index (κ3) is 2.41. The smallest absolute Gasteiger partial charge is 0.163 e. The van der Waals surface area contributed by atoms with Crippen LogP contribution < -0.4 is 9.47 Å². The first kappa shape index (κ1) is 15.5. The highest BCUT2D eigenvalue weighted by molar-refractivity contribution is 6.08.